The van der Waals surface area contributed by atoms with Crippen LogP contribution < -0.4 is 0 Å². The van der Waals surface area contributed by atoms with Gasteiger partial charge in [0, 0.05) is 10.2 Å². The van der Waals surface area contributed by atoms with Crippen molar-refractivity contribution in [2.45, 2.75) is 37.8 Å². The summed E-state index contributed by atoms with van der Waals surface area (Å²) >= 11 is 17.1. The molecule has 0 atom stereocenters. The fourth-order valence-corrected chi connectivity index (χ4v) is 2.91. The lowest BCUT2D eigenvalue weighted by atomic mass is 10.2. The van der Waals surface area contributed by atoms with Gasteiger partial charge < -0.3 is 0 Å². The average molecular weight is 247 g/mol. The van der Waals surface area contributed by atoms with Crippen LogP contribution in [0.4, 0.5) is 0 Å². The third-order valence-electron chi connectivity index (χ3n) is 1.39. The summed E-state index contributed by atoms with van der Waals surface area (Å²) in [6, 6.07) is -0.433. The van der Waals surface area contributed by atoms with Crippen LogP contribution >= 0.6 is 33.2 Å². The topological polar surface area (TPSA) is 0 Å². The molecule has 0 saturated heterocycles. The van der Waals surface area contributed by atoms with Crippen molar-refractivity contribution in [2.24, 2.45) is 0 Å². The molecule has 0 aliphatic carbocycles. The van der Waals surface area contributed by atoms with Gasteiger partial charge in [-0.2, -0.15) is 0 Å². The standard InChI is InChI=1S/C6H12Cl3Si2/c7-11(8,9)6-4-2-1-3-5-10/h1-6H2. The molecule has 0 rings (SSSR count). The maximum Gasteiger partial charge on any atom is 0.341 e. The van der Waals surface area contributed by atoms with E-state index in [1.54, 1.807) is 0 Å². The molecule has 0 heterocycles. The van der Waals surface area contributed by atoms with Crippen LogP contribution in [0.3, 0.4) is 0 Å². The fraction of sp³-hybridized carbons (Fsp3) is 1.00. The molecular formula is C6H12Cl3Si2. The van der Waals surface area contributed by atoms with Gasteiger partial charge in [-0.15, -0.1) is 33.2 Å². The van der Waals surface area contributed by atoms with Crippen LogP contribution in [0.1, 0.15) is 25.7 Å². The molecule has 0 bridgehead atoms. The summed E-state index contributed by atoms with van der Waals surface area (Å²) in [5.74, 6) is 0. The number of unbranched alkanes of at least 4 members (excludes halogenated alkanes) is 3. The van der Waals surface area contributed by atoms with E-state index in [0.717, 1.165) is 18.5 Å². The van der Waals surface area contributed by atoms with E-state index in [0.29, 0.717) is 0 Å². The van der Waals surface area contributed by atoms with E-state index in [2.05, 4.69) is 10.2 Å². The molecule has 0 aromatic rings. The molecule has 11 heavy (non-hydrogen) atoms. The molecule has 0 spiro atoms. The summed E-state index contributed by atoms with van der Waals surface area (Å²) < 4.78 is 0. The van der Waals surface area contributed by atoms with Crippen LogP contribution in [0.15, 0.2) is 0 Å². The molecule has 3 radical (unpaired) electrons. The Balaban J connectivity index is 3.02. The van der Waals surface area contributed by atoms with Gasteiger partial charge in [0.25, 0.3) is 0 Å². The third-order valence-corrected chi connectivity index (χ3v) is 4.36. The Labute approximate surface area is 87.1 Å². The van der Waals surface area contributed by atoms with Crippen molar-refractivity contribution in [1.82, 2.24) is 0 Å². The molecule has 0 N–H and O–H groups in total. The molecule has 0 aromatic heterocycles. The van der Waals surface area contributed by atoms with Gasteiger partial charge in [0.2, 0.25) is 0 Å². The molecule has 0 unspecified atom stereocenters. The Hall–Kier alpha value is 1.30. The predicted molar refractivity (Wildman–Crippen MR) is 57.1 cm³/mol. The minimum absolute atomic E-state index is 0.805. The van der Waals surface area contributed by atoms with Gasteiger partial charge in [0.05, 0.1) is 0 Å². The SMILES string of the molecule is [Si]CCCCCC[Si](Cl)(Cl)Cl. The largest absolute Gasteiger partial charge is 0.341 e. The van der Waals surface area contributed by atoms with E-state index in [9.17, 15) is 0 Å². The second-order valence-electron chi connectivity index (χ2n) is 2.53. The molecule has 65 valence electrons. The summed E-state index contributed by atoms with van der Waals surface area (Å²) in [5.41, 5.74) is 0. The van der Waals surface area contributed by atoms with Crippen LogP contribution in [0.2, 0.25) is 12.1 Å². The fourth-order valence-electron chi connectivity index (χ4n) is 0.804. The van der Waals surface area contributed by atoms with Crippen molar-refractivity contribution in [2.75, 3.05) is 0 Å². The Bertz CT molecular complexity index is 92.3. The quantitative estimate of drug-likeness (QED) is 0.380. The lowest BCUT2D eigenvalue weighted by Crippen LogP contribution is -2.07. The van der Waals surface area contributed by atoms with Gasteiger partial charge in [0.1, 0.15) is 0 Å². The van der Waals surface area contributed by atoms with E-state index in [1.165, 1.54) is 19.3 Å². The van der Waals surface area contributed by atoms with Gasteiger partial charge in [-0.1, -0.05) is 31.7 Å². The first-order valence-electron chi connectivity index (χ1n) is 3.77. The van der Waals surface area contributed by atoms with E-state index < -0.39 is 6.00 Å². The highest BCUT2D eigenvalue weighted by Gasteiger charge is 2.23. The zero-order valence-corrected chi connectivity index (χ0v) is 10.6. The maximum atomic E-state index is 5.71. The van der Waals surface area contributed by atoms with Crippen LogP contribution in [0, 0.1) is 0 Å². The number of halogens is 3. The third kappa shape index (κ3) is 11.3. The second-order valence-corrected chi connectivity index (χ2v) is 12.3. The van der Waals surface area contributed by atoms with Crippen molar-refractivity contribution in [1.29, 1.82) is 0 Å². The van der Waals surface area contributed by atoms with Crippen LogP contribution in [-0.2, 0) is 0 Å². The first-order valence-corrected chi connectivity index (χ1v) is 9.72. The highest BCUT2D eigenvalue weighted by atomic mass is 35.8. The normalized spacial score (nSPS) is 12.0. The van der Waals surface area contributed by atoms with E-state index >= 15 is 0 Å². The predicted octanol–water partition coefficient (Wildman–Crippen LogP) is 3.79. The summed E-state index contributed by atoms with van der Waals surface area (Å²) in [4.78, 5) is 0. The Morgan fingerprint density at radius 1 is 0.909 bits per heavy atom. The summed E-state index contributed by atoms with van der Waals surface area (Å²) in [7, 11) is 3.41. The number of hydrogen-bond acceptors (Lipinski definition) is 0. The lowest BCUT2D eigenvalue weighted by molar-refractivity contribution is 0.700. The van der Waals surface area contributed by atoms with E-state index in [1.807, 2.05) is 0 Å². The molecule has 0 aliphatic rings. The Morgan fingerprint density at radius 2 is 1.45 bits per heavy atom. The molecule has 0 fully saturated rings. The van der Waals surface area contributed by atoms with Crippen molar-refractivity contribution in [3.8, 4) is 0 Å². The van der Waals surface area contributed by atoms with Gasteiger partial charge in [-0.05, 0) is 6.04 Å². The van der Waals surface area contributed by atoms with Gasteiger partial charge in [0.15, 0.2) is 0 Å². The Kier molecular flexibility index (Phi) is 7.58. The van der Waals surface area contributed by atoms with E-state index in [-0.39, 0.29) is 0 Å². The average Bonchev–Trinajstić information content (AvgIpc) is 1.85. The zero-order chi connectivity index (χ0) is 8.74. The highest BCUT2D eigenvalue weighted by molar-refractivity contribution is 7.64. The maximum absolute atomic E-state index is 5.71. The molecule has 0 saturated carbocycles. The number of rotatable bonds is 6. The smallest absolute Gasteiger partial charge is 0.126 e. The summed E-state index contributed by atoms with van der Waals surface area (Å²) in [6.45, 7) is 0. The molecule has 0 aliphatic heterocycles. The molecule has 0 aromatic carbocycles. The van der Waals surface area contributed by atoms with E-state index in [4.69, 9.17) is 33.2 Å². The van der Waals surface area contributed by atoms with Gasteiger partial charge in [-0.25, -0.2) is 0 Å². The monoisotopic (exact) mass is 245 g/mol. The van der Waals surface area contributed by atoms with Gasteiger partial charge in [-0.3, -0.25) is 0 Å². The van der Waals surface area contributed by atoms with Crippen molar-refractivity contribution < 1.29 is 0 Å². The van der Waals surface area contributed by atoms with Gasteiger partial charge >= 0.3 is 6.00 Å². The molecular weight excluding hydrogens is 235 g/mol. The highest BCUT2D eigenvalue weighted by Crippen LogP contribution is 2.27. The Morgan fingerprint density at radius 3 is 1.91 bits per heavy atom. The summed E-state index contributed by atoms with van der Waals surface area (Å²) in [5, 5.41) is 0. The minimum atomic E-state index is -2.31. The first kappa shape index (κ1) is 12.3. The van der Waals surface area contributed by atoms with Crippen molar-refractivity contribution in [3.63, 3.8) is 0 Å². The molecule has 0 amide bonds. The number of hydrogen-bond donors (Lipinski definition) is 0. The zero-order valence-electron chi connectivity index (χ0n) is 6.38. The summed E-state index contributed by atoms with van der Waals surface area (Å²) in [6.07, 6.45) is 4.71. The van der Waals surface area contributed by atoms with Crippen LogP contribution in [-0.4, -0.2) is 16.2 Å². The second kappa shape index (κ2) is 6.78. The van der Waals surface area contributed by atoms with Crippen molar-refractivity contribution in [3.05, 3.63) is 0 Å². The lowest BCUT2D eigenvalue weighted by Gasteiger charge is -2.05. The van der Waals surface area contributed by atoms with Crippen LogP contribution in [0.25, 0.3) is 0 Å². The van der Waals surface area contributed by atoms with Crippen molar-refractivity contribution >= 4 is 49.5 Å². The molecule has 5 heteroatoms. The van der Waals surface area contributed by atoms with Crippen LogP contribution in [0.5, 0.6) is 0 Å². The minimum Gasteiger partial charge on any atom is -0.126 e. The first-order chi connectivity index (χ1) is 5.06. The molecule has 0 nitrogen and oxygen atoms in total.